The van der Waals surface area contributed by atoms with Gasteiger partial charge >= 0.3 is 0 Å². The number of hydrogen-bond acceptors (Lipinski definition) is 4. The Morgan fingerprint density at radius 2 is 2.17 bits per heavy atom. The number of carbonyl (C=O) groups is 1. The van der Waals surface area contributed by atoms with Crippen LogP contribution in [0.25, 0.3) is 0 Å². The summed E-state index contributed by atoms with van der Waals surface area (Å²) < 4.78 is 11.3. The molecule has 2 rings (SSSR count). The van der Waals surface area contributed by atoms with Crippen molar-refractivity contribution >= 4 is 5.91 Å². The van der Waals surface area contributed by atoms with Crippen LogP contribution in [0.4, 0.5) is 0 Å². The van der Waals surface area contributed by atoms with Crippen LogP contribution in [-0.2, 0) is 9.53 Å². The molecule has 0 bridgehead atoms. The molecule has 1 fully saturated rings. The van der Waals surface area contributed by atoms with E-state index in [0.29, 0.717) is 31.9 Å². The largest absolute Gasteiger partial charge is 0.494 e. The van der Waals surface area contributed by atoms with E-state index in [1.807, 2.05) is 30.3 Å². The molecule has 1 N–H and O–H groups in total. The van der Waals surface area contributed by atoms with Crippen LogP contribution in [0.15, 0.2) is 30.3 Å². The Balaban J connectivity index is 1.56. The number of morpholine rings is 1. The van der Waals surface area contributed by atoms with Crippen LogP contribution in [0.1, 0.15) is 26.7 Å². The molecule has 1 aliphatic heterocycles. The topological polar surface area (TPSA) is 50.8 Å². The van der Waals surface area contributed by atoms with Crippen molar-refractivity contribution in [1.29, 1.82) is 0 Å². The third-order valence-electron chi connectivity index (χ3n) is 3.93. The quantitative estimate of drug-likeness (QED) is 0.704. The molecule has 0 radical (unpaired) electrons. The highest BCUT2D eigenvalue weighted by atomic mass is 16.5. The van der Waals surface area contributed by atoms with Gasteiger partial charge in [0.25, 0.3) is 0 Å². The molecule has 1 aromatic rings. The number of ether oxygens (including phenoxy) is 2. The fourth-order valence-electron chi connectivity index (χ4n) is 2.84. The summed E-state index contributed by atoms with van der Waals surface area (Å²) in [5.41, 5.74) is 0. The van der Waals surface area contributed by atoms with Crippen LogP contribution in [-0.4, -0.2) is 56.3 Å². The van der Waals surface area contributed by atoms with Crippen LogP contribution in [0.2, 0.25) is 0 Å². The molecule has 0 spiro atoms. The average Bonchev–Trinajstić information content (AvgIpc) is 2.58. The van der Waals surface area contributed by atoms with Crippen LogP contribution in [0, 0.1) is 5.92 Å². The normalized spacial score (nSPS) is 18.5. The molecule has 5 nitrogen and oxygen atoms in total. The Morgan fingerprint density at radius 1 is 1.38 bits per heavy atom. The van der Waals surface area contributed by atoms with Crippen molar-refractivity contribution in [2.45, 2.75) is 32.8 Å². The molecule has 24 heavy (non-hydrogen) atoms. The lowest BCUT2D eigenvalue weighted by Gasteiger charge is -2.33. The van der Waals surface area contributed by atoms with Crippen molar-refractivity contribution in [3.8, 4) is 5.75 Å². The number of benzene rings is 1. The van der Waals surface area contributed by atoms with E-state index in [1.54, 1.807) is 0 Å². The lowest BCUT2D eigenvalue weighted by Crippen LogP contribution is -2.48. The Bertz CT molecular complexity index is 479. The molecule has 134 valence electrons. The lowest BCUT2D eigenvalue weighted by atomic mass is 10.2. The zero-order valence-electron chi connectivity index (χ0n) is 14.9. The number of carbonyl (C=O) groups excluding carboxylic acids is 1. The van der Waals surface area contributed by atoms with E-state index >= 15 is 0 Å². The molecule has 1 heterocycles. The minimum Gasteiger partial charge on any atom is -0.494 e. The Labute approximate surface area is 145 Å². The van der Waals surface area contributed by atoms with Crippen molar-refractivity contribution < 1.29 is 14.3 Å². The first kappa shape index (κ1) is 18.7. The second-order valence-electron chi connectivity index (χ2n) is 6.72. The fourth-order valence-corrected chi connectivity index (χ4v) is 2.84. The Kier molecular flexibility index (Phi) is 8.05. The van der Waals surface area contributed by atoms with Crippen molar-refractivity contribution in [2.24, 2.45) is 5.92 Å². The van der Waals surface area contributed by atoms with Crippen LogP contribution in [0.3, 0.4) is 0 Å². The monoisotopic (exact) mass is 334 g/mol. The van der Waals surface area contributed by atoms with Gasteiger partial charge in [0.15, 0.2) is 0 Å². The standard InChI is InChI=1S/C19H30N2O3/c1-16(2)14-21-10-12-24-18(15-21)13-20-19(22)9-6-11-23-17-7-4-3-5-8-17/h3-5,7-8,16,18H,6,9-15H2,1-2H3,(H,20,22). The third-order valence-corrected chi connectivity index (χ3v) is 3.93. The summed E-state index contributed by atoms with van der Waals surface area (Å²) in [4.78, 5) is 14.3. The van der Waals surface area contributed by atoms with Gasteiger partial charge in [-0.25, -0.2) is 0 Å². The van der Waals surface area contributed by atoms with E-state index in [1.165, 1.54) is 0 Å². The second kappa shape index (κ2) is 10.3. The van der Waals surface area contributed by atoms with Crippen molar-refractivity contribution in [2.75, 3.05) is 39.4 Å². The van der Waals surface area contributed by atoms with Gasteiger partial charge in [-0.05, 0) is 24.5 Å². The minimum absolute atomic E-state index is 0.0660. The van der Waals surface area contributed by atoms with Crippen molar-refractivity contribution in [3.63, 3.8) is 0 Å². The molecule has 1 atom stereocenters. The molecule has 1 amide bonds. The zero-order chi connectivity index (χ0) is 17.2. The SMILES string of the molecule is CC(C)CN1CCOC(CNC(=O)CCCOc2ccccc2)C1. The molecule has 1 aromatic carbocycles. The maximum atomic E-state index is 11.9. The molecular formula is C19H30N2O3. The van der Waals surface area contributed by atoms with Gasteiger partial charge in [-0.15, -0.1) is 0 Å². The molecule has 5 heteroatoms. The first-order chi connectivity index (χ1) is 11.6. The Hall–Kier alpha value is -1.59. The lowest BCUT2D eigenvalue weighted by molar-refractivity contribution is -0.122. The molecule has 0 aliphatic carbocycles. The summed E-state index contributed by atoms with van der Waals surface area (Å²) in [6.07, 6.45) is 1.29. The van der Waals surface area contributed by atoms with Gasteiger partial charge in [-0.2, -0.15) is 0 Å². The van der Waals surface area contributed by atoms with Crippen molar-refractivity contribution in [3.05, 3.63) is 30.3 Å². The van der Waals surface area contributed by atoms with Gasteiger partial charge in [-0.3, -0.25) is 9.69 Å². The van der Waals surface area contributed by atoms with Gasteiger partial charge in [0.05, 0.1) is 19.3 Å². The highest BCUT2D eigenvalue weighted by Gasteiger charge is 2.21. The Morgan fingerprint density at radius 3 is 2.92 bits per heavy atom. The van der Waals surface area contributed by atoms with Gasteiger partial charge in [0.1, 0.15) is 5.75 Å². The first-order valence-corrected chi connectivity index (χ1v) is 8.92. The van der Waals surface area contributed by atoms with Gasteiger partial charge < -0.3 is 14.8 Å². The number of rotatable bonds is 9. The number of amides is 1. The van der Waals surface area contributed by atoms with E-state index in [4.69, 9.17) is 9.47 Å². The molecule has 1 unspecified atom stereocenters. The molecule has 1 saturated heterocycles. The number of nitrogens with one attached hydrogen (secondary N) is 1. The van der Waals surface area contributed by atoms with Crippen LogP contribution in [0.5, 0.6) is 5.75 Å². The van der Waals surface area contributed by atoms with Gasteiger partial charge in [0, 0.05) is 32.6 Å². The summed E-state index contributed by atoms with van der Waals surface area (Å²) in [6.45, 7) is 9.32. The molecule has 1 aliphatic rings. The summed E-state index contributed by atoms with van der Waals surface area (Å²) in [5, 5.41) is 2.98. The molecule has 0 saturated carbocycles. The minimum atomic E-state index is 0.0660. The number of nitrogens with zero attached hydrogens (tertiary/aromatic N) is 1. The summed E-state index contributed by atoms with van der Waals surface area (Å²) in [7, 11) is 0. The van der Waals surface area contributed by atoms with Crippen LogP contribution >= 0.6 is 0 Å². The maximum absolute atomic E-state index is 11.9. The second-order valence-corrected chi connectivity index (χ2v) is 6.72. The van der Waals surface area contributed by atoms with E-state index in [2.05, 4.69) is 24.1 Å². The fraction of sp³-hybridized carbons (Fsp3) is 0.632. The molecular weight excluding hydrogens is 304 g/mol. The predicted octanol–water partition coefficient (Wildman–Crippen LogP) is 2.32. The third kappa shape index (κ3) is 7.32. The van der Waals surface area contributed by atoms with Gasteiger partial charge in [0.2, 0.25) is 5.91 Å². The van der Waals surface area contributed by atoms with Gasteiger partial charge in [-0.1, -0.05) is 32.0 Å². The summed E-state index contributed by atoms with van der Waals surface area (Å²) in [6, 6.07) is 9.67. The summed E-state index contributed by atoms with van der Waals surface area (Å²) in [5.74, 6) is 1.57. The van der Waals surface area contributed by atoms with Crippen molar-refractivity contribution in [1.82, 2.24) is 10.2 Å². The van der Waals surface area contributed by atoms with E-state index in [-0.39, 0.29) is 12.0 Å². The van der Waals surface area contributed by atoms with E-state index < -0.39 is 0 Å². The summed E-state index contributed by atoms with van der Waals surface area (Å²) >= 11 is 0. The van der Waals surface area contributed by atoms with E-state index in [0.717, 1.165) is 32.0 Å². The highest BCUT2D eigenvalue weighted by Crippen LogP contribution is 2.09. The average molecular weight is 334 g/mol. The molecule has 0 aromatic heterocycles. The van der Waals surface area contributed by atoms with E-state index in [9.17, 15) is 4.79 Å². The first-order valence-electron chi connectivity index (χ1n) is 8.92. The zero-order valence-corrected chi connectivity index (χ0v) is 14.9. The highest BCUT2D eigenvalue weighted by molar-refractivity contribution is 5.75. The smallest absolute Gasteiger partial charge is 0.220 e. The number of hydrogen-bond donors (Lipinski definition) is 1. The maximum Gasteiger partial charge on any atom is 0.220 e. The predicted molar refractivity (Wildman–Crippen MR) is 95.2 cm³/mol. The van der Waals surface area contributed by atoms with Crippen LogP contribution < -0.4 is 10.1 Å². The number of para-hydroxylation sites is 1.